The Morgan fingerprint density at radius 1 is 0.833 bits per heavy atom. The first kappa shape index (κ1) is 23.0. The largest absolute Gasteiger partial charge is 0.371 e. The third kappa shape index (κ3) is 4.68. The van der Waals surface area contributed by atoms with Gasteiger partial charge in [0, 0.05) is 92.6 Å². The summed E-state index contributed by atoms with van der Waals surface area (Å²) in [6.07, 6.45) is 6.46. The van der Waals surface area contributed by atoms with Crippen LogP contribution < -0.4 is 10.2 Å². The number of hydrogen-bond donors (Lipinski definition) is 1. The number of piperidine rings is 1. The maximum atomic E-state index is 4.82. The Morgan fingerprint density at radius 2 is 1.58 bits per heavy atom. The van der Waals surface area contributed by atoms with Gasteiger partial charge in [0.2, 0.25) is 5.95 Å². The average Bonchev–Trinajstić information content (AvgIpc) is 3.26. The molecule has 2 aromatic heterocycles. The molecule has 0 aliphatic carbocycles. The van der Waals surface area contributed by atoms with E-state index in [0.29, 0.717) is 5.95 Å². The van der Waals surface area contributed by atoms with Gasteiger partial charge in [-0.05, 0) is 56.3 Å². The monoisotopic (exact) mass is 481 g/mol. The highest BCUT2D eigenvalue weighted by Crippen LogP contribution is 2.30. The summed E-state index contributed by atoms with van der Waals surface area (Å²) in [5.41, 5.74) is 5.53. The number of nitrogens with zero attached hydrogens (tertiary/aromatic N) is 6. The molecule has 1 N–H and O–H groups in total. The highest BCUT2D eigenvalue weighted by molar-refractivity contribution is 5.95. The van der Waals surface area contributed by atoms with E-state index in [4.69, 9.17) is 4.98 Å². The summed E-state index contributed by atoms with van der Waals surface area (Å²) in [4.78, 5) is 17.0. The summed E-state index contributed by atoms with van der Waals surface area (Å²) in [5.74, 6) is 0.612. The minimum Gasteiger partial charge on any atom is -0.371 e. The van der Waals surface area contributed by atoms with E-state index in [0.717, 1.165) is 36.1 Å². The van der Waals surface area contributed by atoms with Crippen LogP contribution >= 0.6 is 0 Å². The summed E-state index contributed by atoms with van der Waals surface area (Å²) in [6.45, 7) is 7.07. The molecule has 36 heavy (non-hydrogen) atoms. The van der Waals surface area contributed by atoms with Crippen molar-refractivity contribution in [1.82, 2.24) is 24.3 Å². The zero-order chi connectivity index (χ0) is 24.5. The Hall–Kier alpha value is -3.42. The minimum atomic E-state index is 0.612. The number of aromatic nitrogens is 3. The molecule has 0 bridgehead atoms. The minimum absolute atomic E-state index is 0.612. The van der Waals surface area contributed by atoms with E-state index in [1.807, 2.05) is 12.3 Å². The molecule has 7 heteroatoms. The van der Waals surface area contributed by atoms with Gasteiger partial charge in [-0.25, -0.2) is 9.97 Å². The van der Waals surface area contributed by atoms with Gasteiger partial charge in [-0.15, -0.1) is 0 Å². The number of piperazine rings is 1. The Bertz CT molecular complexity index is 1310. The van der Waals surface area contributed by atoms with E-state index >= 15 is 0 Å². The molecule has 4 aromatic rings. The second-order valence-electron chi connectivity index (χ2n) is 10.2. The van der Waals surface area contributed by atoms with Gasteiger partial charge in [-0.1, -0.05) is 18.2 Å². The van der Waals surface area contributed by atoms with E-state index < -0.39 is 0 Å². The van der Waals surface area contributed by atoms with Crippen LogP contribution in [0.1, 0.15) is 12.8 Å². The van der Waals surface area contributed by atoms with Crippen LogP contribution in [0.3, 0.4) is 0 Å². The number of aryl methyl sites for hydroxylation is 1. The molecule has 2 aliphatic heterocycles. The summed E-state index contributed by atoms with van der Waals surface area (Å²) in [6, 6.07) is 19.8. The molecule has 186 valence electrons. The average molecular weight is 482 g/mol. The van der Waals surface area contributed by atoms with Crippen LogP contribution in [0.5, 0.6) is 0 Å². The highest BCUT2D eigenvalue weighted by atomic mass is 15.3. The third-order valence-corrected chi connectivity index (χ3v) is 7.84. The summed E-state index contributed by atoms with van der Waals surface area (Å²) in [7, 11) is 4.30. The van der Waals surface area contributed by atoms with E-state index in [1.165, 1.54) is 55.6 Å². The molecule has 2 aromatic carbocycles. The number of hydrogen-bond acceptors (Lipinski definition) is 6. The molecule has 0 saturated carbocycles. The second kappa shape index (κ2) is 9.91. The van der Waals surface area contributed by atoms with Crippen LogP contribution in [-0.2, 0) is 7.05 Å². The first-order chi connectivity index (χ1) is 17.6. The number of rotatable bonds is 5. The fraction of sp³-hybridized carbons (Fsp3) is 0.379. The van der Waals surface area contributed by atoms with Crippen LogP contribution in [0.2, 0.25) is 0 Å². The lowest BCUT2D eigenvalue weighted by Gasteiger charge is -2.42. The fourth-order valence-electron chi connectivity index (χ4n) is 5.68. The molecular formula is C29H35N7. The molecule has 4 heterocycles. The van der Waals surface area contributed by atoms with Crippen molar-refractivity contribution in [2.75, 3.05) is 56.5 Å². The van der Waals surface area contributed by atoms with Crippen molar-refractivity contribution in [2.24, 2.45) is 7.05 Å². The van der Waals surface area contributed by atoms with Crippen LogP contribution in [0.25, 0.3) is 22.2 Å². The van der Waals surface area contributed by atoms with Crippen molar-refractivity contribution in [3.63, 3.8) is 0 Å². The number of likely N-dealkylation sites (N-methyl/N-ethyl adjacent to an activating group) is 1. The van der Waals surface area contributed by atoms with E-state index in [2.05, 4.69) is 98.4 Å². The molecule has 2 fully saturated rings. The molecule has 2 aliphatic rings. The van der Waals surface area contributed by atoms with Crippen LogP contribution in [0.4, 0.5) is 17.3 Å². The molecule has 0 atom stereocenters. The van der Waals surface area contributed by atoms with Gasteiger partial charge < -0.3 is 19.7 Å². The van der Waals surface area contributed by atoms with Gasteiger partial charge in [-0.3, -0.25) is 4.90 Å². The third-order valence-electron chi connectivity index (χ3n) is 7.84. The summed E-state index contributed by atoms with van der Waals surface area (Å²) >= 11 is 0. The lowest BCUT2D eigenvalue weighted by atomic mass is 10.0. The lowest BCUT2D eigenvalue weighted by Crippen LogP contribution is -2.52. The van der Waals surface area contributed by atoms with Crippen molar-refractivity contribution < 1.29 is 0 Å². The Labute approximate surface area is 213 Å². The molecule has 2 saturated heterocycles. The number of anilines is 3. The van der Waals surface area contributed by atoms with Crippen LogP contribution in [0, 0.1) is 0 Å². The van der Waals surface area contributed by atoms with Gasteiger partial charge >= 0.3 is 0 Å². The predicted octanol–water partition coefficient (Wildman–Crippen LogP) is 4.60. The molecule has 0 amide bonds. The smallest absolute Gasteiger partial charge is 0.227 e. The van der Waals surface area contributed by atoms with Crippen LogP contribution in [-0.4, -0.2) is 76.7 Å². The van der Waals surface area contributed by atoms with Gasteiger partial charge in [0.1, 0.15) is 0 Å². The number of benzene rings is 2. The van der Waals surface area contributed by atoms with Gasteiger partial charge in [0.15, 0.2) is 0 Å². The van der Waals surface area contributed by atoms with Gasteiger partial charge in [0.05, 0.1) is 5.69 Å². The van der Waals surface area contributed by atoms with Gasteiger partial charge in [0.25, 0.3) is 0 Å². The van der Waals surface area contributed by atoms with E-state index in [9.17, 15) is 0 Å². The lowest BCUT2D eigenvalue weighted by molar-refractivity contribution is 0.0982. The molecule has 0 radical (unpaired) electrons. The maximum absolute atomic E-state index is 4.82. The molecular weight excluding hydrogens is 446 g/mol. The summed E-state index contributed by atoms with van der Waals surface area (Å²) < 4.78 is 2.15. The number of nitrogens with one attached hydrogen (secondary N) is 1. The number of para-hydroxylation sites is 1. The van der Waals surface area contributed by atoms with Crippen molar-refractivity contribution in [2.45, 2.75) is 18.9 Å². The van der Waals surface area contributed by atoms with Crippen LogP contribution in [0.15, 0.2) is 67.0 Å². The number of fused-ring (bicyclic) bond motifs is 1. The SMILES string of the molecule is CN1CCN(C2CCN(c3ccc(Nc4nccc(-c5cn(C)c6ccccc56)n4)cc3)CC2)CC1. The molecule has 0 unspecified atom stereocenters. The predicted molar refractivity (Wildman–Crippen MR) is 148 cm³/mol. The quantitative estimate of drug-likeness (QED) is 0.450. The Kier molecular flexibility index (Phi) is 6.34. The first-order valence-corrected chi connectivity index (χ1v) is 13.1. The fourth-order valence-corrected chi connectivity index (χ4v) is 5.68. The zero-order valence-corrected chi connectivity index (χ0v) is 21.3. The summed E-state index contributed by atoms with van der Waals surface area (Å²) in [5, 5.41) is 4.59. The van der Waals surface area contributed by atoms with E-state index in [1.54, 1.807) is 0 Å². The van der Waals surface area contributed by atoms with Crippen molar-refractivity contribution in [3.05, 3.63) is 67.0 Å². The first-order valence-electron chi connectivity index (χ1n) is 13.1. The Balaban J connectivity index is 1.10. The van der Waals surface area contributed by atoms with Crippen molar-refractivity contribution in [1.29, 1.82) is 0 Å². The second-order valence-corrected chi connectivity index (χ2v) is 10.2. The topological polar surface area (TPSA) is 52.5 Å². The maximum Gasteiger partial charge on any atom is 0.227 e. The van der Waals surface area contributed by atoms with Gasteiger partial charge in [-0.2, -0.15) is 0 Å². The zero-order valence-electron chi connectivity index (χ0n) is 21.3. The van der Waals surface area contributed by atoms with E-state index in [-0.39, 0.29) is 0 Å². The standard InChI is InChI=1S/C29H35N7/c1-33-17-19-36(20-18-33)24-12-15-35(16-13-24)23-9-7-22(8-10-23)31-29-30-14-11-27(32-29)26-21-34(2)28-6-4-3-5-25(26)28/h3-11,14,21,24H,12-13,15-20H2,1-2H3,(H,30,31,32). The Morgan fingerprint density at radius 3 is 2.36 bits per heavy atom. The molecule has 6 rings (SSSR count). The highest BCUT2D eigenvalue weighted by Gasteiger charge is 2.26. The van der Waals surface area contributed by atoms with Crippen molar-refractivity contribution >= 4 is 28.2 Å². The molecule has 7 nitrogen and oxygen atoms in total. The molecule has 0 spiro atoms. The normalized spacial score (nSPS) is 18.1. The van der Waals surface area contributed by atoms with Crippen molar-refractivity contribution in [3.8, 4) is 11.3 Å².